The molecule has 0 spiro atoms. The Hall–Kier alpha value is -1.60. The van der Waals surface area contributed by atoms with Gasteiger partial charge in [-0.1, -0.05) is 13.8 Å². The predicted octanol–water partition coefficient (Wildman–Crippen LogP) is 0.188. The molecule has 1 heterocycles. The van der Waals surface area contributed by atoms with Crippen molar-refractivity contribution in [2.45, 2.75) is 26.8 Å². The van der Waals surface area contributed by atoms with E-state index in [4.69, 9.17) is 5.73 Å². The maximum absolute atomic E-state index is 11.7. The van der Waals surface area contributed by atoms with E-state index >= 15 is 0 Å². The second-order valence-corrected chi connectivity index (χ2v) is 4.83. The molecular weight excluding hydrogens is 282 g/mol. The molecule has 0 aliphatic carbocycles. The van der Waals surface area contributed by atoms with Crippen molar-refractivity contribution < 1.29 is 9.59 Å². The minimum atomic E-state index is -0.605. The minimum absolute atomic E-state index is 0. The summed E-state index contributed by atoms with van der Waals surface area (Å²) in [7, 11) is 1.73. The number of nitrogens with one attached hydrogen (secondary N) is 2. The minimum Gasteiger partial charge on any atom is -0.346 e. The van der Waals surface area contributed by atoms with Crippen molar-refractivity contribution >= 4 is 30.0 Å². The van der Waals surface area contributed by atoms with Gasteiger partial charge < -0.3 is 16.4 Å². The van der Waals surface area contributed by atoms with Gasteiger partial charge in [-0.15, -0.1) is 12.4 Å². The Morgan fingerprint density at radius 2 is 2.05 bits per heavy atom. The standard InChI is InChI=1S/C12H21N5O2.ClH/c1-7(2)11(13)12(19)14-6-10(18)15-9-5-8(3)16-17(9)4;/h5,7,11H,6,13H2,1-4H3,(H,14,19)(H,15,18);1H/t11-;/m0./s1. The van der Waals surface area contributed by atoms with Crippen LogP contribution < -0.4 is 16.4 Å². The van der Waals surface area contributed by atoms with Crippen LogP contribution in [0, 0.1) is 12.8 Å². The highest BCUT2D eigenvalue weighted by molar-refractivity contribution is 5.94. The van der Waals surface area contributed by atoms with Crippen molar-refractivity contribution in [2.75, 3.05) is 11.9 Å². The van der Waals surface area contributed by atoms with Crippen LogP contribution in [0.15, 0.2) is 6.07 Å². The summed E-state index contributed by atoms with van der Waals surface area (Å²) in [4.78, 5) is 23.2. The highest BCUT2D eigenvalue weighted by Gasteiger charge is 2.17. The molecule has 0 bridgehead atoms. The molecule has 0 aromatic carbocycles. The van der Waals surface area contributed by atoms with E-state index < -0.39 is 6.04 Å². The van der Waals surface area contributed by atoms with Gasteiger partial charge in [0.15, 0.2) is 0 Å². The van der Waals surface area contributed by atoms with Crippen LogP contribution in [0.2, 0.25) is 0 Å². The van der Waals surface area contributed by atoms with Gasteiger partial charge in [-0.2, -0.15) is 5.10 Å². The second kappa shape index (κ2) is 7.86. The smallest absolute Gasteiger partial charge is 0.244 e. The third-order valence-corrected chi connectivity index (χ3v) is 2.71. The summed E-state index contributed by atoms with van der Waals surface area (Å²) in [6.45, 7) is 5.42. The van der Waals surface area contributed by atoms with Crippen LogP contribution >= 0.6 is 12.4 Å². The quantitative estimate of drug-likeness (QED) is 0.722. The molecule has 20 heavy (non-hydrogen) atoms. The van der Waals surface area contributed by atoms with Gasteiger partial charge in [0.1, 0.15) is 5.82 Å². The molecule has 0 aliphatic heterocycles. The average Bonchev–Trinajstić information content (AvgIpc) is 2.63. The maximum atomic E-state index is 11.7. The fraction of sp³-hybridized carbons (Fsp3) is 0.583. The molecule has 0 fully saturated rings. The zero-order valence-electron chi connectivity index (χ0n) is 12.1. The molecule has 0 saturated heterocycles. The van der Waals surface area contributed by atoms with E-state index in [1.54, 1.807) is 17.8 Å². The summed E-state index contributed by atoms with van der Waals surface area (Å²) in [5.74, 6) is -0.0219. The molecule has 2 amide bonds. The van der Waals surface area contributed by atoms with E-state index in [2.05, 4.69) is 15.7 Å². The molecule has 0 unspecified atom stereocenters. The molecular formula is C12H22ClN5O2. The number of carbonyl (C=O) groups is 2. The van der Waals surface area contributed by atoms with Crippen LogP contribution in [0.25, 0.3) is 0 Å². The Kier molecular flexibility index (Phi) is 7.23. The molecule has 7 nitrogen and oxygen atoms in total. The molecule has 1 atom stereocenters. The van der Waals surface area contributed by atoms with Gasteiger partial charge in [0.25, 0.3) is 0 Å². The fourth-order valence-electron chi connectivity index (χ4n) is 1.50. The Labute approximate surface area is 124 Å². The van der Waals surface area contributed by atoms with E-state index in [1.807, 2.05) is 20.8 Å². The first-order valence-electron chi connectivity index (χ1n) is 6.15. The number of nitrogens with zero attached hydrogens (tertiary/aromatic N) is 2. The lowest BCUT2D eigenvalue weighted by atomic mass is 10.1. The van der Waals surface area contributed by atoms with E-state index in [9.17, 15) is 9.59 Å². The summed E-state index contributed by atoms with van der Waals surface area (Å²) in [6, 6.07) is 1.14. The number of anilines is 1. The second-order valence-electron chi connectivity index (χ2n) is 4.83. The topological polar surface area (TPSA) is 102 Å². The number of halogens is 1. The fourth-order valence-corrected chi connectivity index (χ4v) is 1.50. The van der Waals surface area contributed by atoms with Crippen LogP contribution in [0.1, 0.15) is 19.5 Å². The molecule has 1 aromatic rings. The lowest BCUT2D eigenvalue weighted by Gasteiger charge is -2.15. The Morgan fingerprint density at radius 3 is 2.50 bits per heavy atom. The van der Waals surface area contributed by atoms with Crippen molar-refractivity contribution in [3.05, 3.63) is 11.8 Å². The van der Waals surface area contributed by atoms with Crippen molar-refractivity contribution in [3.8, 4) is 0 Å². The van der Waals surface area contributed by atoms with Crippen molar-refractivity contribution in [1.29, 1.82) is 0 Å². The number of hydrogen-bond donors (Lipinski definition) is 3. The number of nitrogens with two attached hydrogens (primary N) is 1. The average molecular weight is 304 g/mol. The summed E-state index contributed by atoms with van der Waals surface area (Å²) < 4.78 is 1.56. The first-order chi connectivity index (χ1) is 8.81. The molecule has 1 rings (SSSR count). The maximum Gasteiger partial charge on any atom is 0.244 e. The SMILES string of the molecule is Cc1cc(NC(=O)CNC(=O)[C@@H](N)C(C)C)n(C)n1.Cl. The van der Waals surface area contributed by atoms with Gasteiger partial charge >= 0.3 is 0 Å². The highest BCUT2D eigenvalue weighted by Crippen LogP contribution is 2.07. The Bertz CT molecular complexity index is 472. The normalized spacial score (nSPS) is 11.7. The molecule has 4 N–H and O–H groups in total. The Morgan fingerprint density at radius 1 is 1.45 bits per heavy atom. The molecule has 1 aromatic heterocycles. The first kappa shape index (κ1) is 18.4. The lowest BCUT2D eigenvalue weighted by Crippen LogP contribution is -2.46. The van der Waals surface area contributed by atoms with Crippen molar-refractivity contribution in [2.24, 2.45) is 18.7 Å². The summed E-state index contributed by atoms with van der Waals surface area (Å²) in [5.41, 5.74) is 6.48. The number of aryl methyl sites for hydroxylation is 2. The van der Waals surface area contributed by atoms with Gasteiger partial charge in [-0.3, -0.25) is 14.3 Å². The number of aromatic nitrogens is 2. The third kappa shape index (κ3) is 5.18. The molecule has 114 valence electrons. The summed E-state index contributed by atoms with van der Waals surface area (Å²) in [5, 5.41) is 9.27. The number of rotatable bonds is 5. The van der Waals surface area contributed by atoms with Gasteiger partial charge in [-0.05, 0) is 12.8 Å². The van der Waals surface area contributed by atoms with Crippen LogP contribution in [-0.2, 0) is 16.6 Å². The van der Waals surface area contributed by atoms with Crippen molar-refractivity contribution in [3.63, 3.8) is 0 Å². The Balaban J connectivity index is 0.00000361. The molecule has 0 saturated carbocycles. The van der Waals surface area contributed by atoms with E-state index in [0.29, 0.717) is 5.82 Å². The number of amides is 2. The molecule has 8 heteroatoms. The van der Waals surface area contributed by atoms with Crippen LogP contribution in [0.5, 0.6) is 0 Å². The van der Waals surface area contributed by atoms with Crippen LogP contribution in [0.3, 0.4) is 0 Å². The zero-order valence-corrected chi connectivity index (χ0v) is 13.0. The summed E-state index contributed by atoms with van der Waals surface area (Å²) >= 11 is 0. The van der Waals surface area contributed by atoms with Gasteiger partial charge in [0, 0.05) is 13.1 Å². The van der Waals surface area contributed by atoms with Crippen LogP contribution in [-0.4, -0.2) is 34.2 Å². The largest absolute Gasteiger partial charge is 0.346 e. The van der Waals surface area contributed by atoms with Gasteiger partial charge in [0.2, 0.25) is 11.8 Å². The number of hydrogen-bond acceptors (Lipinski definition) is 4. The number of carbonyl (C=O) groups excluding carboxylic acids is 2. The van der Waals surface area contributed by atoms with Crippen molar-refractivity contribution in [1.82, 2.24) is 15.1 Å². The third-order valence-electron chi connectivity index (χ3n) is 2.71. The van der Waals surface area contributed by atoms with E-state index in [-0.39, 0.29) is 36.7 Å². The van der Waals surface area contributed by atoms with Crippen LogP contribution in [0.4, 0.5) is 5.82 Å². The summed E-state index contributed by atoms with van der Waals surface area (Å²) in [6.07, 6.45) is 0. The predicted molar refractivity (Wildman–Crippen MR) is 79.6 cm³/mol. The van der Waals surface area contributed by atoms with Gasteiger partial charge in [0.05, 0.1) is 18.3 Å². The molecule has 0 aliphatic rings. The van der Waals surface area contributed by atoms with E-state index in [1.165, 1.54) is 0 Å². The monoisotopic (exact) mass is 303 g/mol. The first-order valence-corrected chi connectivity index (χ1v) is 6.15. The molecule has 0 radical (unpaired) electrons. The van der Waals surface area contributed by atoms with Gasteiger partial charge in [-0.25, -0.2) is 0 Å². The van der Waals surface area contributed by atoms with E-state index in [0.717, 1.165) is 5.69 Å². The lowest BCUT2D eigenvalue weighted by molar-refractivity contribution is -0.125. The zero-order chi connectivity index (χ0) is 14.6. The highest BCUT2D eigenvalue weighted by atomic mass is 35.5.